The molecule has 0 aliphatic rings. The van der Waals surface area contributed by atoms with Crippen molar-refractivity contribution in [3.63, 3.8) is 0 Å². The van der Waals surface area contributed by atoms with Crippen molar-refractivity contribution in [2.24, 2.45) is 0 Å². The molecule has 1 heterocycles. The fourth-order valence-electron chi connectivity index (χ4n) is 1.06. The van der Waals surface area contributed by atoms with Gasteiger partial charge in [0.25, 0.3) is 0 Å². The van der Waals surface area contributed by atoms with Gasteiger partial charge in [-0.3, -0.25) is 0 Å². The van der Waals surface area contributed by atoms with Crippen LogP contribution in [0.3, 0.4) is 0 Å². The highest BCUT2D eigenvalue weighted by Gasteiger charge is 2.16. The van der Waals surface area contributed by atoms with Crippen LogP contribution in [0.1, 0.15) is 33.4 Å². The van der Waals surface area contributed by atoms with Crippen LogP contribution in [-0.2, 0) is 5.41 Å². The summed E-state index contributed by atoms with van der Waals surface area (Å²) < 4.78 is 17.4. The number of pyridine rings is 1. The van der Waals surface area contributed by atoms with Crippen molar-refractivity contribution in [1.82, 2.24) is 4.98 Å². The van der Waals surface area contributed by atoms with E-state index in [9.17, 15) is 4.39 Å². The van der Waals surface area contributed by atoms with E-state index in [1.807, 2.05) is 12.1 Å². The Kier molecular flexibility index (Phi) is 3.09. The van der Waals surface area contributed by atoms with Crippen LogP contribution >= 0.6 is 0 Å². The van der Waals surface area contributed by atoms with Gasteiger partial charge in [0.2, 0.25) is 12.2 Å². The molecule has 0 N–H and O–H groups in total. The van der Waals surface area contributed by atoms with Gasteiger partial charge in [-0.1, -0.05) is 26.8 Å². The van der Waals surface area contributed by atoms with Crippen molar-refractivity contribution in [3.05, 3.63) is 23.9 Å². The molecule has 0 aromatic carbocycles. The zero-order valence-corrected chi connectivity index (χ0v) is 9.04. The minimum atomic E-state index is -1.32. The summed E-state index contributed by atoms with van der Waals surface area (Å²) in [5.41, 5.74) is 0.856. The largest absolute Gasteiger partial charge is 0.444 e. The molecule has 0 saturated heterocycles. The summed E-state index contributed by atoms with van der Waals surface area (Å²) in [5, 5.41) is 0. The lowest BCUT2D eigenvalue weighted by atomic mass is 9.92. The topological polar surface area (TPSA) is 22.1 Å². The van der Waals surface area contributed by atoms with E-state index in [0.29, 0.717) is 5.88 Å². The molecule has 0 spiro atoms. The third-order valence-corrected chi connectivity index (χ3v) is 1.78. The molecule has 78 valence electrons. The van der Waals surface area contributed by atoms with E-state index < -0.39 is 6.36 Å². The van der Waals surface area contributed by atoms with E-state index in [4.69, 9.17) is 4.74 Å². The molecular weight excluding hydrogens is 181 g/mol. The molecule has 1 rings (SSSR count). The first kappa shape index (κ1) is 11.0. The molecule has 3 heteroatoms. The highest BCUT2D eigenvalue weighted by atomic mass is 19.1. The number of aromatic nitrogens is 1. The molecule has 1 aromatic heterocycles. The third kappa shape index (κ3) is 2.98. The second kappa shape index (κ2) is 3.95. The number of halogens is 1. The van der Waals surface area contributed by atoms with Gasteiger partial charge in [0.15, 0.2) is 0 Å². The molecule has 2 nitrogen and oxygen atoms in total. The van der Waals surface area contributed by atoms with E-state index in [-0.39, 0.29) is 5.41 Å². The highest BCUT2D eigenvalue weighted by Crippen LogP contribution is 2.22. The van der Waals surface area contributed by atoms with Gasteiger partial charge in [-0.05, 0) is 6.07 Å². The fraction of sp³-hybridized carbons (Fsp3) is 0.545. The van der Waals surface area contributed by atoms with Gasteiger partial charge in [0, 0.05) is 24.1 Å². The molecule has 1 aromatic rings. The van der Waals surface area contributed by atoms with Gasteiger partial charge in [0.1, 0.15) is 0 Å². The number of rotatable bonds is 2. The Morgan fingerprint density at radius 3 is 2.50 bits per heavy atom. The summed E-state index contributed by atoms with van der Waals surface area (Å²) in [6.45, 7) is 7.50. The maximum atomic E-state index is 12.6. The first-order valence-corrected chi connectivity index (χ1v) is 4.68. The Morgan fingerprint density at radius 2 is 2.00 bits per heavy atom. The van der Waals surface area contributed by atoms with Gasteiger partial charge >= 0.3 is 0 Å². The zero-order chi connectivity index (χ0) is 10.8. The number of ether oxygens (including phenoxy) is 1. The molecule has 0 fully saturated rings. The first-order chi connectivity index (χ1) is 6.39. The summed E-state index contributed by atoms with van der Waals surface area (Å²) in [6, 6.07) is 5.40. The van der Waals surface area contributed by atoms with Crippen LogP contribution in [0.4, 0.5) is 4.39 Å². The predicted octanol–water partition coefficient (Wildman–Crippen LogP) is 3.07. The average molecular weight is 197 g/mol. The zero-order valence-electron chi connectivity index (χ0n) is 9.04. The molecule has 14 heavy (non-hydrogen) atoms. The third-order valence-electron chi connectivity index (χ3n) is 1.78. The van der Waals surface area contributed by atoms with Gasteiger partial charge in [0.05, 0.1) is 0 Å². The quantitative estimate of drug-likeness (QED) is 0.726. The second-order valence-electron chi connectivity index (χ2n) is 4.27. The maximum Gasteiger partial charge on any atom is 0.237 e. The molecule has 0 aliphatic heterocycles. The number of alkyl halides is 1. The van der Waals surface area contributed by atoms with E-state index in [1.165, 1.54) is 6.92 Å². The monoisotopic (exact) mass is 197 g/mol. The van der Waals surface area contributed by atoms with Crippen LogP contribution in [-0.4, -0.2) is 11.3 Å². The summed E-state index contributed by atoms with van der Waals surface area (Å²) >= 11 is 0. The van der Waals surface area contributed by atoms with E-state index in [2.05, 4.69) is 25.8 Å². The summed E-state index contributed by atoms with van der Waals surface area (Å²) in [5.74, 6) is 0.340. The summed E-state index contributed by atoms with van der Waals surface area (Å²) in [4.78, 5) is 4.22. The van der Waals surface area contributed by atoms with Crippen molar-refractivity contribution in [2.75, 3.05) is 0 Å². The molecule has 0 amide bonds. The van der Waals surface area contributed by atoms with Gasteiger partial charge in [-0.15, -0.1) is 0 Å². The average Bonchev–Trinajstić information content (AvgIpc) is 2.01. The highest BCUT2D eigenvalue weighted by molar-refractivity contribution is 5.20. The smallest absolute Gasteiger partial charge is 0.237 e. The van der Waals surface area contributed by atoms with E-state index >= 15 is 0 Å². The summed E-state index contributed by atoms with van der Waals surface area (Å²) in [6.07, 6.45) is -1.32. The van der Waals surface area contributed by atoms with Crippen LogP contribution < -0.4 is 4.74 Å². The minimum absolute atomic E-state index is 0.0427. The van der Waals surface area contributed by atoms with Gasteiger partial charge in [-0.25, -0.2) is 9.37 Å². The van der Waals surface area contributed by atoms with Crippen molar-refractivity contribution in [2.45, 2.75) is 39.5 Å². The molecular formula is C11H16FNO. The SMILES string of the molecule is CC(F)Oc1cccc(C(C)(C)C)n1. The Hall–Kier alpha value is -1.12. The lowest BCUT2D eigenvalue weighted by Gasteiger charge is -2.18. The number of nitrogens with zero attached hydrogens (tertiary/aromatic N) is 1. The lowest BCUT2D eigenvalue weighted by molar-refractivity contribution is 0.0805. The van der Waals surface area contributed by atoms with Crippen molar-refractivity contribution < 1.29 is 9.13 Å². The molecule has 1 atom stereocenters. The van der Waals surface area contributed by atoms with Crippen LogP contribution in [0.25, 0.3) is 0 Å². The van der Waals surface area contributed by atoms with E-state index in [1.54, 1.807) is 6.07 Å². The van der Waals surface area contributed by atoms with Crippen molar-refractivity contribution in [3.8, 4) is 5.88 Å². The molecule has 1 unspecified atom stereocenters. The van der Waals surface area contributed by atoms with Crippen LogP contribution in [0.15, 0.2) is 18.2 Å². The molecule has 0 radical (unpaired) electrons. The van der Waals surface area contributed by atoms with Gasteiger partial charge < -0.3 is 4.74 Å². The first-order valence-electron chi connectivity index (χ1n) is 4.68. The fourth-order valence-corrected chi connectivity index (χ4v) is 1.06. The standard InChI is InChI=1S/C11H16FNO/c1-8(12)14-10-7-5-6-9(13-10)11(2,3)4/h5-8H,1-4H3. The minimum Gasteiger partial charge on any atom is -0.444 e. The van der Waals surface area contributed by atoms with E-state index in [0.717, 1.165) is 5.69 Å². The Bertz CT molecular complexity index is 304. The molecule has 0 aliphatic carbocycles. The molecule has 0 bridgehead atoms. The van der Waals surface area contributed by atoms with Crippen LogP contribution in [0.2, 0.25) is 0 Å². The Morgan fingerprint density at radius 1 is 1.36 bits per heavy atom. The maximum absolute atomic E-state index is 12.6. The van der Waals surface area contributed by atoms with Crippen molar-refractivity contribution in [1.29, 1.82) is 0 Å². The molecule has 0 saturated carbocycles. The van der Waals surface area contributed by atoms with Gasteiger partial charge in [-0.2, -0.15) is 0 Å². The Labute approximate surface area is 84.1 Å². The second-order valence-corrected chi connectivity index (χ2v) is 4.27. The van der Waals surface area contributed by atoms with Crippen molar-refractivity contribution >= 4 is 0 Å². The number of hydrogen-bond acceptors (Lipinski definition) is 2. The normalized spacial score (nSPS) is 13.8. The predicted molar refractivity (Wildman–Crippen MR) is 54.1 cm³/mol. The Balaban J connectivity index is 2.90. The van der Waals surface area contributed by atoms with Crippen LogP contribution in [0, 0.1) is 0 Å². The summed E-state index contributed by atoms with van der Waals surface area (Å²) in [7, 11) is 0. The number of hydrogen-bond donors (Lipinski definition) is 0. The lowest BCUT2D eigenvalue weighted by Crippen LogP contribution is -2.14. The van der Waals surface area contributed by atoms with Crippen LogP contribution in [0.5, 0.6) is 5.88 Å².